The maximum atomic E-state index is 5.56. The Kier molecular flexibility index (Phi) is 2.54. The molecule has 0 spiro atoms. The summed E-state index contributed by atoms with van der Waals surface area (Å²) in [6.45, 7) is 0.395. The highest BCUT2D eigenvalue weighted by atomic mass is 35.5. The quantitative estimate of drug-likeness (QED) is 0.755. The third-order valence-corrected chi connectivity index (χ3v) is 1.59. The Morgan fingerprint density at radius 2 is 2.30 bits per heavy atom. The molecule has 1 N–H and O–H groups in total. The first-order chi connectivity index (χ1) is 4.74. The lowest BCUT2D eigenvalue weighted by atomic mass is 10.7. The molecule has 3 nitrogen and oxygen atoms in total. The van der Waals surface area contributed by atoms with E-state index in [2.05, 4.69) is 9.97 Å². The zero-order valence-corrected chi connectivity index (χ0v) is 6.83. The topological polar surface area (TPSA) is 37.9 Å². The lowest BCUT2D eigenvalue weighted by Gasteiger charge is -1.89. The monoisotopic (exact) mass is 180 g/mol. The van der Waals surface area contributed by atoms with Crippen molar-refractivity contribution in [2.75, 3.05) is 7.11 Å². The van der Waals surface area contributed by atoms with Crippen molar-refractivity contribution in [3.63, 3.8) is 0 Å². The lowest BCUT2D eigenvalue weighted by molar-refractivity contribution is 0.178. The number of aromatic nitrogens is 2. The van der Waals surface area contributed by atoms with Gasteiger partial charge in [-0.25, -0.2) is 4.98 Å². The fraction of sp³-hybridized carbons (Fsp3) is 0.400. The van der Waals surface area contributed by atoms with Gasteiger partial charge in [0.1, 0.15) is 17.6 Å². The third kappa shape index (κ3) is 1.62. The highest BCUT2D eigenvalue weighted by Crippen LogP contribution is 2.17. The zero-order valence-electron chi connectivity index (χ0n) is 5.32. The van der Waals surface area contributed by atoms with E-state index < -0.39 is 0 Å². The Balaban J connectivity index is 2.77. The molecule has 1 aromatic heterocycles. The summed E-state index contributed by atoms with van der Waals surface area (Å²) in [5, 5.41) is 0.641. The van der Waals surface area contributed by atoms with Crippen LogP contribution in [-0.4, -0.2) is 17.1 Å². The summed E-state index contributed by atoms with van der Waals surface area (Å²) in [6.07, 6.45) is 0. The molecule has 0 radical (unpaired) electrons. The van der Waals surface area contributed by atoms with E-state index in [1.54, 1.807) is 7.11 Å². The van der Waals surface area contributed by atoms with Gasteiger partial charge in [0.05, 0.1) is 0 Å². The van der Waals surface area contributed by atoms with Gasteiger partial charge in [-0.05, 0) is 0 Å². The molecule has 5 heteroatoms. The summed E-state index contributed by atoms with van der Waals surface area (Å²) in [6, 6.07) is 0. The Morgan fingerprint density at radius 3 is 2.70 bits per heavy atom. The molecule has 0 aliphatic heterocycles. The summed E-state index contributed by atoms with van der Waals surface area (Å²) in [5.41, 5.74) is 0. The number of imidazole rings is 1. The van der Waals surface area contributed by atoms with E-state index in [0.717, 1.165) is 0 Å². The smallest absolute Gasteiger partial charge is 0.166 e. The van der Waals surface area contributed by atoms with Crippen LogP contribution in [0.1, 0.15) is 5.82 Å². The Bertz CT molecular complexity index is 204. The van der Waals surface area contributed by atoms with E-state index in [1.807, 2.05) is 0 Å². The summed E-state index contributed by atoms with van der Waals surface area (Å²) >= 11 is 11.1. The lowest BCUT2D eigenvalue weighted by Crippen LogP contribution is -1.88. The number of rotatable bonds is 2. The van der Waals surface area contributed by atoms with Crippen LogP contribution in [0.4, 0.5) is 0 Å². The predicted molar refractivity (Wildman–Crippen MR) is 39.3 cm³/mol. The van der Waals surface area contributed by atoms with Crippen LogP contribution >= 0.6 is 23.2 Å². The van der Waals surface area contributed by atoms with Crippen molar-refractivity contribution in [2.45, 2.75) is 6.61 Å². The van der Waals surface area contributed by atoms with Crippen molar-refractivity contribution in [1.29, 1.82) is 0 Å². The van der Waals surface area contributed by atoms with Gasteiger partial charge >= 0.3 is 0 Å². The molecule has 0 bridgehead atoms. The number of nitrogens with one attached hydrogen (secondary N) is 1. The SMILES string of the molecule is COCc1nc(Cl)c(Cl)[nH]1. The summed E-state index contributed by atoms with van der Waals surface area (Å²) in [5.74, 6) is 0.637. The number of nitrogens with zero attached hydrogens (tertiary/aromatic N) is 1. The highest BCUT2D eigenvalue weighted by molar-refractivity contribution is 6.40. The van der Waals surface area contributed by atoms with E-state index in [4.69, 9.17) is 27.9 Å². The van der Waals surface area contributed by atoms with Crippen LogP contribution in [0.25, 0.3) is 0 Å². The van der Waals surface area contributed by atoms with Crippen LogP contribution < -0.4 is 0 Å². The molecule has 1 heterocycles. The minimum Gasteiger partial charge on any atom is -0.377 e. The molecular formula is C5H6Cl2N2O. The minimum atomic E-state index is 0.286. The van der Waals surface area contributed by atoms with Crippen molar-refractivity contribution in [2.24, 2.45) is 0 Å². The van der Waals surface area contributed by atoms with Crippen molar-refractivity contribution in [3.05, 3.63) is 16.1 Å². The molecule has 0 aromatic carbocycles. The summed E-state index contributed by atoms with van der Waals surface area (Å²) in [7, 11) is 1.57. The predicted octanol–water partition coefficient (Wildman–Crippen LogP) is 1.86. The molecule has 1 aromatic rings. The van der Waals surface area contributed by atoms with E-state index in [-0.39, 0.29) is 5.15 Å². The van der Waals surface area contributed by atoms with E-state index in [9.17, 15) is 0 Å². The average molecular weight is 181 g/mol. The van der Waals surface area contributed by atoms with Gasteiger partial charge in [0.15, 0.2) is 5.15 Å². The Labute approximate surface area is 68.3 Å². The maximum absolute atomic E-state index is 5.56. The Morgan fingerprint density at radius 1 is 1.60 bits per heavy atom. The van der Waals surface area contributed by atoms with Crippen molar-refractivity contribution in [1.82, 2.24) is 9.97 Å². The minimum absolute atomic E-state index is 0.286. The van der Waals surface area contributed by atoms with E-state index in [0.29, 0.717) is 17.6 Å². The van der Waals surface area contributed by atoms with Gasteiger partial charge in [0, 0.05) is 7.11 Å². The molecular weight excluding hydrogens is 175 g/mol. The van der Waals surface area contributed by atoms with Crippen molar-refractivity contribution >= 4 is 23.2 Å². The van der Waals surface area contributed by atoms with Crippen LogP contribution in [0.15, 0.2) is 0 Å². The van der Waals surface area contributed by atoms with Crippen molar-refractivity contribution in [3.8, 4) is 0 Å². The van der Waals surface area contributed by atoms with Gasteiger partial charge in [0.25, 0.3) is 0 Å². The number of ether oxygens (including phenoxy) is 1. The second kappa shape index (κ2) is 3.23. The summed E-state index contributed by atoms with van der Waals surface area (Å²) < 4.78 is 4.79. The van der Waals surface area contributed by atoms with E-state index >= 15 is 0 Å². The van der Waals surface area contributed by atoms with Crippen LogP contribution in [0.3, 0.4) is 0 Å². The summed E-state index contributed by atoms with van der Waals surface area (Å²) in [4.78, 5) is 6.60. The number of aromatic amines is 1. The van der Waals surface area contributed by atoms with Crippen LogP contribution in [0, 0.1) is 0 Å². The number of methoxy groups -OCH3 is 1. The average Bonchev–Trinajstić information content (AvgIpc) is 2.14. The number of H-pyrrole nitrogens is 1. The second-order valence-electron chi connectivity index (χ2n) is 1.72. The fourth-order valence-electron chi connectivity index (χ4n) is 0.579. The maximum Gasteiger partial charge on any atom is 0.166 e. The first-order valence-corrected chi connectivity index (χ1v) is 3.38. The van der Waals surface area contributed by atoms with Crippen molar-refractivity contribution < 1.29 is 4.74 Å². The molecule has 0 aliphatic carbocycles. The molecule has 10 heavy (non-hydrogen) atoms. The number of halogens is 2. The van der Waals surface area contributed by atoms with Gasteiger partial charge in [0.2, 0.25) is 0 Å². The highest BCUT2D eigenvalue weighted by Gasteiger charge is 2.03. The largest absolute Gasteiger partial charge is 0.377 e. The molecule has 56 valence electrons. The standard InChI is InChI=1S/C5H6Cl2N2O/c1-10-2-3-8-4(6)5(7)9-3/h2H2,1H3,(H,8,9). The first kappa shape index (κ1) is 7.85. The first-order valence-electron chi connectivity index (χ1n) is 2.63. The van der Waals surface area contributed by atoms with Gasteiger partial charge < -0.3 is 9.72 Å². The number of hydrogen-bond acceptors (Lipinski definition) is 2. The molecule has 0 unspecified atom stereocenters. The van der Waals surface area contributed by atoms with Gasteiger partial charge in [-0.1, -0.05) is 23.2 Å². The van der Waals surface area contributed by atoms with Gasteiger partial charge in [-0.3, -0.25) is 0 Å². The fourth-order valence-corrected chi connectivity index (χ4v) is 0.879. The van der Waals surface area contributed by atoms with E-state index in [1.165, 1.54) is 0 Å². The van der Waals surface area contributed by atoms with Crippen LogP contribution in [-0.2, 0) is 11.3 Å². The molecule has 0 saturated carbocycles. The molecule has 1 rings (SSSR count). The molecule has 0 atom stereocenters. The molecule has 0 fully saturated rings. The molecule has 0 saturated heterocycles. The zero-order chi connectivity index (χ0) is 7.56. The molecule has 0 amide bonds. The number of hydrogen-bond donors (Lipinski definition) is 1. The van der Waals surface area contributed by atoms with Crippen LogP contribution in [0.5, 0.6) is 0 Å². The Hall–Kier alpha value is -0.250. The normalized spacial score (nSPS) is 10.3. The second-order valence-corrected chi connectivity index (χ2v) is 2.46. The van der Waals surface area contributed by atoms with Crippen LogP contribution in [0.2, 0.25) is 10.3 Å². The van der Waals surface area contributed by atoms with Gasteiger partial charge in [-0.2, -0.15) is 0 Å². The van der Waals surface area contributed by atoms with Gasteiger partial charge in [-0.15, -0.1) is 0 Å². The third-order valence-electron chi connectivity index (χ3n) is 0.949. The molecule has 0 aliphatic rings.